The Morgan fingerprint density at radius 1 is 0.619 bits per heavy atom. The fourth-order valence-electron chi connectivity index (χ4n) is 6.76. The van der Waals surface area contributed by atoms with Gasteiger partial charge in [-0.1, -0.05) is 56.3 Å². The van der Waals surface area contributed by atoms with Crippen molar-refractivity contribution < 1.29 is 8.78 Å². The SMILES string of the molecule is CCC1(CC)c2cc(-c3nccc4ccccc34)ccc2-c2ccc(N(c3ccc(F)cc3)c3ccc(F)cc3)cc21. The molecule has 0 atom stereocenters. The predicted octanol–water partition coefficient (Wildman–Crippen LogP) is 10.7. The van der Waals surface area contributed by atoms with Gasteiger partial charge in [0.05, 0.1) is 5.69 Å². The summed E-state index contributed by atoms with van der Waals surface area (Å²) in [6, 6.07) is 36.7. The fraction of sp³-hybridized carbons (Fsp3) is 0.132. The molecule has 1 heterocycles. The van der Waals surface area contributed by atoms with Crippen LogP contribution in [0.1, 0.15) is 37.8 Å². The molecule has 0 saturated heterocycles. The van der Waals surface area contributed by atoms with Gasteiger partial charge in [-0.3, -0.25) is 4.98 Å². The number of fused-ring (bicyclic) bond motifs is 4. The zero-order valence-electron chi connectivity index (χ0n) is 23.6. The van der Waals surface area contributed by atoms with Crippen molar-refractivity contribution in [1.82, 2.24) is 4.98 Å². The van der Waals surface area contributed by atoms with Crippen LogP contribution in [0.5, 0.6) is 0 Å². The van der Waals surface area contributed by atoms with E-state index >= 15 is 0 Å². The van der Waals surface area contributed by atoms with Gasteiger partial charge in [-0.15, -0.1) is 0 Å². The van der Waals surface area contributed by atoms with Crippen LogP contribution < -0.4 is 4.90 Å². The van der Waals surface area contributed by atoms with E-state index in [1.807, 2.05) is 6.20 Å². The number of nitrogens with zero attached hydrogens (tertiary/aromatic N) is 2. The third-order valence-corrected chi connectivity index (χ3v) is 8.93. The van der Waals surface area contributed by atoms with Gasteiger partial charge < -0.3 is 4.90 Å². The molecule has 42 heavy (non-hydrogen) atoms. The van der Waals surface area contributed by atoms with Crippen molar-refractivity contribution in [2.24, 2.45) is 0 Å². The largest absolute Gasteiger partial charge is 0.310 e. The summed E-state index contributed by atoms with van der Waals surface area (Å²) in [4.78, 5) is 6.87. The Labute approximate surface area is 244 Å². The molecule has 0 spiro atoms. The summed E-state index contributed by atoms with van der Waals surface area (Å²) in [6.45, 7) is 4.52. The highest BCUT2D eigenvalue weighted by Gasteiger charge is 2.41. The van der Waals surface area contributed by atoms with E-state index in [2.05, 4.69) is 85.5 Å². The maximum Gasteiger partial charge on any atom is 0.123 e. The lowest BCUT2D eigenvalue weighted by Crippen LogP contribution is -2.23. The predicted molar refractivity (Wildman–Crippen MR) is 169 cm³/mol. The van der Waals surface area contributed by atoms with E-state index in [9.17, 15) is 8.78 Å². The van der Waals surface area contributed by atoms with E-state index in [4.69, 9.17) is 4.98 Å². The standard InChI is InChI=1S/C38H30F2N2/c1-3-38(4-2)35-23-26(37-32-8-6-5-7-25(32)21-22-41-37)9-19-33(35)34-20-18-31(24-36(34)38)42(29-14-10-27(39)11-15-29)30-16-12-28(40)13-17-30/h5-24H,3-4H2,1-2H3. The van der Waals surface area contributed by atoms with Crippen molar-refractivity contribution in [1.29, 1.82) is 0 Å². The number of benzene rings is 5. The van der Waals surface area contributed by atoms with E-state index < -0.39 is 0 Å². The lowest BCUT2D eigenvalue weighted by atomic mass is 9.73. The maximum atomic E-state index is 13.9. The molecule has 206 valence electrons. The molecule has 1 aliphatic rings. The molecule has 0 unspecified atom stereocenters. The summed E-state index contributed by atoms with van der Waals surface area (Å²) in [5, 5.41) is 2.32. The summed E-state index contributed by atoms with van der Waals surface area (Å²) in [7, 11) is 0. The summed E-state index contributed by atoms with van der Waals surface area (Å²) in [5.41, 5.74) is 9.56. The lowest BCUT2D eigenvalue weighted by Gasteiger charge is -2.32. The first-order chi connectivity index (χ1) is 20.5. The minimum absolute atomic E-state index is 0.182. The van der Waals surface area contributed by atoms with Crippen molar-refractivity contribution in [2.45, 2.75) is 32.1 Å². The third kappa shape index (κ3) is 4.09. The monoisotopic (exact) mass is 552 g/mol. The molecule has 4 heteroatoms. The first kappa shape index (κ1) is 26.1. The van der Waals surface area contributed by atoms with Crippen molar-refractivity contribution >= 4 is 27.8 Å². The van der Waals surface area contributed by atoms with Gasteiger partial charge in [-0.25, -0.2) is 8.78 Å². The Bertz CT molecular complexity index is 1870. The number of halogens is 2. The maximum absolute atomic E-state index is 13.9. The van der Waals surface area contributed by atoms with Crippen LogP contribution in [0.4, 0.5) is 25.8 Å². The molecule has 0 bridgehead atoms. The molecule has 7 rings (SSSR count). The molecule has 6 aromatic rings. The molecule has 1 aromatic heterocycles. The first-order valence-electron chi connectivity index (χ1n) is 14.5. The Kier molecular flexibility index (Phi) is 6.35. The molecular weight excluding hydrogens is 522 g/mol. The van der Waals surface area contributed by atoms with Gasteiger partial charge in [0.1, 0.15) is 11.6 Å². The van der Waals surface area contributed by atoms with Crippen LogP contribution in [-0.4, -0.2) is 4.98 Å². The molecule has 1 aliphatic carbocycles. The van der Waals surface area contributed by atoms with Gasteiger partial charge in [-0.05, 0) is 113 Å². The minimum atomic E-state index is -0.297. The Hall–Kier alpha value is -4.83. The van der Waals surface area contributed by atoms with Crippen molar-refractivity contribution in [2.75, 3.05) is 4.90 Å². The third-order valence-electron chi connectivity index (χ3n) is 8.93. The normalized spacial score (nSPS) is 13.1. The molecule has 0 fully saturated rings. The van der Waals surface area contributed by atoms with Gasteiger partial charge >= 0.3 is 0 Å². The second-order valence-corrected chi connectivity index (χ2v) is 10.9. The lowest BCUT2D eigenvalue weighted by molar-refractivity contribution is 0.490. The molecule has 0 aliphatic heterocycles. The van der Waals surface area contributed by atoms with Gasteiger partial charge in [0, 0.05) is 39.6 Å². The zero-order chi connectivity index (χ0) is 28.8. The van der Waals surface area contributed by atoms with Crippen LogP contribution in [0.2, 0.25) is 0 Å². The summed E-state index contributed by atoms with van der Waals surface area (Å²) >= 11 is 0. The van der Waals surface area contributed by atoms with Gasteiger partial charge in [0.25, 0.3) is 0 Å². The van der Waals surface area contributed by atoms with Crippen LogP contribution in [0.25, 0.3) is 33.2 Å². The summed E-state index contributed by atoms with van der Waals surface area (Å²) in [6.07, 6.45) is 3.76. The minimum Gasteiger partial charge on any atom is -0.310 e. The molecule has 0 amide bonds. The van der Waals surface area contributed by atoms with E-state index in [0.717, 1.165) is 46.5 Å². The molecular formula is C38H30F2N2. The highest BCUT2D eigenvalue weighted by atomic mass is 19.1. The topological polar surface area (TPSA) is 16.1 Å². The van der Waals surface area contributed by atoms with E-state index in [1.165, 1.54) is 51.9 Å². The number of aromatic nitrogens is 1. The highest BCUT2D eigenvalue weighted by molar-refractivity contribution is 5.96. The Balaban J connectivity index is 1.39. The molecule has 0 N–H and O–H groups in total. The van der Waals surface area contributed by atoms with Crippen molar-refractivity contribution in [3.63, 3.8) is 0 Å². The average Bonchev–Trinajstić information content (AvgIpc) is 3.31. The zero-order valence-corrected chi connectivity index (χ0v) is 23.6. The van der Waals surface area contributed by atoms with Crippen LogP contribution in [0, 0.1) is 11.6 Å². The number of hydrogen-bond donors (Lipinski definition) is 0. The number of pyridine rings is 1. The van der Waals surface area contributed by atoms with Gasteiger partial charge in [0.2, 0.25) is 0 Å². The Morgan fingerprint density at radius 2 is 1.19 bits per heavy atom. The average molecular weight is 553 g/mol. The number of anilines is 3. The van der Waals surface area contributed by atoms with E-state index in [0.29, 0.717) is 0 Å². The van der Waals surface area contributed by atoms with Crippen LogP contribution in [-0.2, 0) is 5.41 Å². The summed E-state index contributed by atoms with van der Waals surface area (Å²) in [5.74, 6) is -0.593. The molecule has 2 nitrogen and oxygen atoms in total. The Morgan fingerprint density at radius 3 is 1.83 bits per heavy atom. The smallest absolute Gasteiger partial charge is 0.123 e. The second-order valence-electron chi connectivity index (χ2n) is 10.9. The quantitative estimate of drug-likeness (QED) is 0.204. The summed E-state index contributed by atoms with van der Waals surface area (Å²) < 4.78 is 27.8. The van der Waals surface area contributed by atoms with Crippen molar-refractivity contribution in [3.05, 3.63) is 144 Å². The van der Waals surface area contributed by atoms with Crippen LogP contribution >= 0.6 is 0 Å². The number of hydrogen-bond acceptors (Lipinski definition) is 2. The second kappa shape index (κ2) is 10.2. The molecule has 0 radical (unpaired) electrons. The van der Waals surface area contributed by atoms with E-state index in [1.54, 1.807) is 24.3 Å². The first-order valence-corrected chi connectivity index (χ1v) is 14.5. The molecule has 5 aromatic carbocycles. The number of rotatable bonds is 6. The van der Waals surface area contributed by atoms with Gasteiger partial charge in [0.15, 0.2) is 0 Å². The fourth-order valence-corrected chi connectivity index (χ4v) is 6.76. The van der Waals surface area contributed by atoms with Crippen LogP contribution in [0.15, 0.2) is 121 Å². The van der Waals surface area contributed by atoms with Crippen LogP contribution in [0.3, 0.4) is 0 Å². The van der Waals surface area contributed by atoms with E-state index in [-0.39, 0.29) is 17.0 Å². The molecule has 0 saturated carbocycles. The van der Waals surface area contributed by atoms with Crippen molar-refractivity contribution in [3.8, 4) is 22.4 Å². The van der Waals surface area contributed by atoms with Gasteiger partial charge in [-0.2, -0.15) is 0 Å². The highest BCUT2D eigenvalue weighted by Crippen LogP contribution is 2.55.